The van der Waals surface area contributed by atoms with E-state index in [9.17, 15) is 9.90 Å². The van der Waals surface area contributed by atoms with Gasteiger partial charge in [-0.25, -0.2) is 0 Å². The van der Waals surface area contributed by atoms with Crippen molar-refractivity contribution in [3.05, 3.63) is 64.7 Å². The summed E-state index contributed by atoms with van der Waals surface area (Å²) in [6.07, 6.45) is 1.58. The van der Waals surface area contributed by atoms with Crippen molar-refractivity contribution in [2.45, 2.75) is 38.4 Å². The number of likely N-dealkylation sites (tertiary alicyclic amines) is 1. The van der Waals surface area contributed by atoms with Crippen molar-refractivity contribution in [3.8, 4) is 5.75 Å². The largest absolute Gasteiger partial charge is 0.488 e. The number of carbonyl (C=O) groups is 1. The van der Waals surface area contributed by atoms with Crippen molar-refractivity contribution in [2.75, 3.05) is 13.1 Å². The first-order valence-corrected chi connectivity index (χ1v) is 10.4. The van der Waals surface area contributed by atoms with E-state index in [-0.39, 0.29) is 12.0 Å². The maximum absolute atomic E-state index is 12.9. The lowest BCUT2D eigenvalue weighted by molar-refractivity contribution is -0.0231. The first-order valence-electron chi connectivity index (χ1n) is 10.0. The lowest BCUT2D eigenvalue weighted by Crippen LogP contribution is -2.42. The minimum Gasteiger partial charge on any atom is -0.488 e. The molecule has 2 aromatic rings. The fourth-order valence-electron chi connectivity index (χ4n) is 4.46. The van der Waals surface area contributed by atoms with E-state index in [0.29, 0.717) is 35.6 Å². The second-order valence-corrected chi connectivity index (χ2v) is 8.37. The van der Waals surface area contributed by atoms with Crippen LogP contribution in [0.3, 0.4) is 0 Å². The molecule has 2 fully saturated rings. The van der Waals surface area contributed by atoms with Gasteiger partial charge in [-0.05, 0) is 67.0 Å². The van der Waals surface area contributed by atoms with Crippen LogP contribution in [0, 0.1) is 11.8 Å². The summed E-state index contributed by atoms with van der Waals surface area (Å²) in [6.45, 7) is 3.54. The highest BCUT2D eigenvalue weighted by Gasteiger charge is 2.44. The molecule has 1 amide bonds. The molecule has 28 heavy (non-hydrogen) atoms. The highest BCUT2D eigenvalue weighted by atomic mass is 35.5. The molecule has 4 rings (SSSR count). The average molecular weight is 400 g/mol. The van der Waals surface area contributed by atoms with Crippen LogP contribution in [0.25, 0.3) is 0 Å². The molecular weight excluding hydrogens is 374 g/mol. The number of nitrogens with zero attached hydrogens (tertiary/aromatic N) is 1. The third-order valence-corrected chi connectivity index (χ3v) is 6.30. The topological polar surface area (TPSA) is 49.8 Å². The Labute approximate surface area is 171 Å². The highest BCUT2D eigenvalue weighted by Crippen LogP contribution is 2.38. The van der Waals surface area contributed by atoms with Gasteiger partial charge in [0.05, 0.1) is 6.10 Å². The molecule has 1 saturated carbocycles. The molecule has 0 unspecified atom stereocenters. The molecular formula is C23H26ClNO3. The number of benzene rings is 2. The van der Waals surface area contributed by atoms with Crippen molar-refractivity contribution >= 4 is 17.5 Å². The molecule has 148 valence electrons. The fraction of sp³-hybridized carbons (Fsp3) is 0.435. The Kier molecular flexibility index (Phi) is 5.61. The van der Waals surface area contributed by atoms with Crippen LogP contribution in [0.4, 0.5) is 0 Å². The van der Waals surface area contributed by atoms with Gasteiger partial charge in [-0.3, -0.25) is 4.79 Å². The van der Waals surface area contributed by atoms with Crippen LogP contribution in [-0.2, 0) is 6.42 Å². The molecule has 2 aromatic carbocycles. The number of hydrogen-bond donors (Lipinski definition) is 1. The van der Waals surface area contributed by atoms with Gasteiger partial charge in [-0.2, -0.15) is 0 Å². The van der Waals surface area contributed by atoms with Gasteiger partial charge < -0.3 is 14.7 Å². The summed E-state index contributed by atoms with van der Waals surface area (Å²) in [6, 6.07) is 15.2. The summed E-state index contributed by atoms with van der Waals surface area (Å²) in [5, 5.41) is 11.2. The number of fused-ring (bicyclic) bond motifs is 1. The summed E-state index contributed by atoms with van der Waals surface area (Å²) in [4.78, 5) is 14.8. The number of aliphatic hydroxyl groups excluding tert-OH is 1. The smallest absolute Gasteiger partial charge is 0.253 e. The van der Waals surface area contributed by atoms with Gasteiger partial charge in [0.15, 0.2) is 0 Å². The zero-order chi connectivity index (χ0) is 19.7. The van der Waals surface area contributed by atoms with Gasteiger partial charge in [0.1, 0.15) is 11.9 Å². The van der Waals surface area contributed by atoms with E-state index in [0.717, 1.165) is 24.9 Å². The van der Waals surface area contributed by atoms with Crippen LogP contribution in [0.5, 0.6) is 5.75 Å². The highest BCUT2D eigenvalue weighted by molar-refractivity contribution is 6.30. The summed E-state index contributed by atoms with van der Waals surface area (Å²) in [5.74, 6) is 1.44. The molecule has 2 aliphatic rings. The predicted molar refractivity (Wildman–Crippen MR) is 110 cm³/mol. The summed E-state index contributed by atoms with van der Waals surface area (Å²) >= 11 is 6.03. The Bertz CT molecular complexity index is 838. The minimum atomic E-state index is -0.529. The zero-order valence-corrected chi connectivity index (χ0v) is 16.8. The second-order valence-electron chi connectivity index (χ2n) is 7.93. The molecule has 0 aromatic heterocycles. The number of aliphatic hydroxyl groups is 1. The maximum Gasteiger partial charge on any atom is 0.253 e. The van der Waals surface area contributed by atoms with Gasteiger partial charge >= 0.3 is 0 Å². The van der Waals surface area contributed by atoms with Crippen LogP contribution in [0.15, 0.2) is 48.5 Å². The molecule has 1 N–H and O–H groups in total. The van der Waals surface area contributed by atoms with Crippen molar-refractivity contribution < 1.29 is 14.6 Å². The van der Waals surface area contributed by atoms with E-state index in [4.69, 9.17) is 16.3 Å². The van der Waals surface area contributed by atoms with Gasteiger partial charge in [0, 0.05) is 23.7 Å². The van der Waals surface area contributed by atoms with Crippen LogP contribution >= 0.6 is 11.6 Å². The van der Waals surface area contributed by atoms with Crippen LogP contribution in [0.2, 0.25) is 5.02 Å². The SMILES string of the molecule is CCc1ccc(C(=O)N2C[C@H]3C[C@@H](Oc4cccc(Cl)c4)[C@H](O)C[C@H]3C2)cc1. The molecule has 5 heteroatoms. The lowest BCUT2D eigenvalue weighted by Gasteiger charge is -2.35. The Morgan fingerprint density at radius 3 is 2.54 bits per heavy atom. The average Bonchev–Trinajstić information content (AvgIpc) is 3.10. The molecule has 1 heterocycles. The van der Waals surface area contributed by atoms with Gasteiger partial charge in [-0.15, -0.1) is 0 Å². The summed E-state index contributed by atoms with van der Waals surface area (Å²) in [7, 11) is 0. The number of hydrogen-bond acceptors (Lipinski definition) is 3. The van der Waals surface area contributed by atoms with Crippen molar-refractivity contribution in [1.82, 2.24) is 4.90 Å². The summed E-state index contributed by atoms with van der Waals surface area (Å²) in [5.41, 5.74) is 1.97. The fourth-order valence-corrected chi connectivity index (χ4v) is 4.64. The first-order chi connectivity index (χ1) is 13.5. The van der Waals surface area contributed by atoms with E-state index in [1.54, 1.807) is 12.1 Å². The second kappa shape index (κ2) is 8.14. The van der Waals surface area contributed by atoms with Crippen LogP contribution in [-0.4, -0.2) is 41.2 Å². The monoisotopic (exact) mass is 399 g/mol. The van der Waals surface area contributed by atoms with Gasteiger partial charge in [0.2, 0.25) is 0 Å². The van der Waals surface area contributed by atoms with Gasteiger partial charge in [0.25, 0.3) is 5.91 Å². The Balaban J connectivity index is 1.41. The third kappa shape index (κ3) is 4.03. The predicted octanol–water partition coefficient (Wildman–Crippen LogP) is 4.19. The van der Waals surface area contributed by atoms with Crippen LogP contribution < -0.4 is 4.74 Å². The van der Waals surface area contributed by atoms with Gasteiger partial charge in [-0.1, -0.05) is 36.7 Å². The minimum absolute atomic E-state index is 0.0823. The Morgan fingerprint density at radius 2 is 1.86 bits per heavy atom. The Morgan fingerprint density at radius 1 is 1.14 bits per heavy atom. The van der Waals surface area contributed by atoms with Crippen molar-refractivity contribution in [3.63, 3.8) is 0 Å². The lowest BCUT2D eigenvalue weighted by atomic mass is 9.78. The van der Waals surface area contributed by atoms with Crippen molar-refractivity contribution in [1.29, 1.82) is 0 Å². The van der Waals surface area contributed by atoms with Crippen LogP contribution in [0.1, 0.15) is 35.7 Å². The van der Waals surface area contributed by atoms with E-state index < -0.39 is 6.10 Å². The standard InChI is InChI=1S/C23H26ClNO3/c1-2-15-6-8-16(9-7-15)23(27)25-13-17-10-21(26)22(11-18(17)14-25)28-20-5-3-4-19(24)12-20/h3-9,12,17-18,21-22,26H,2,10-11,13-14H2,1H3/t17-,18+,21+,22+/m0/s1. The number of amides is 1. The van der Waals surface area contributed by atoms with E-state index in [1.807, 2.05) is 41.3 Å². The number of aryl methyl sites for hydroxylation is 1. The molecule has 4 nitrogen and oxygen atoms in total. The Hall–Kier alpha value is -2.04. The summed E-state index contributed by atoms with van der Waals surface area (Å²) < 4.78 is 6.02. The molecule has 0 spiro atoms. The molecule has 1 aliphatic heterocycles. The maximum atomic E-state index is 12.9. The van der Waals surface area contributed by atoms with E-state index in [2.05, 4.69) is 6.92 Å². The zero-order valence-electron chi connectivity index (χ0n) is 16.1. The number of rotatable bonds is 4. The normalized spacial score (nSPS) is 26.8. The van der Waals surface area contributed by atoms with E-state index in [1.165, 1.54) is 5.56 Å². The quantitative estimate of drug-likeness (QED) is 0.838. The number of ether oxygens (including phenoxy) is 1. The molecule has 0 bridgehead atoms. The molecule has 0 radical (unpaired) electrons. The molecule has 1 saturated heterocycles. The van der Waals surface area contributed by atoms with E-state index >= 15 is 0 Å². The van der Waals surface area contributed by atoms with Crippen molar-refractivity contribution in [2.24, 2.45) is 11.8 Å². The molecule has 1 aliphatic carbocycles. The third-order valence-electron chi connectivity index (χ3n) is 6.06. The number of carbonyl (C=O) groups excluding carboxylic acids is 1. The number of halogens is 1. The molecule has 4 atom stereocenters. The first kappa shape index (κ1) is 19.3.